The second-order valence-corrected chi connectivity index (χ2v) is 8.57. The predicted molar refractivity (Wildman–Crippen MR) is 121 cm³/mol. The molecule has 0 radical (unpaired) electrons. The van der Waals surface area contributed by atoms with E-state index in [0.717, 1.165) is 27.5 Å². The van der Waals surface area contributed by atoms with Gasteiger partial charge in [-0.3, -0.25) is 9.59 Å². The van der Waals surface area contributed by atoms with Gasteiger partial charge < -0.3 is 14.6 Å². The molecule has 7 heteroatoms. The van der Waals surface area contributed by atoms with Gasteiger partial charge in [-0.05, 0) is 57.0 Å². The van der Waals surface area contributed by atoms with Crippen molar-refractivity contribution in [3.63, 3.8) is 0 Å². The molecule has 2 heterocycles. The van der Waals surface area contributed by atoms with Crippen LogP contribution in [-0.4, -0.2) is 35.4 Å². The number of ketones is 1. The van der Waals surface area contributed by atoms with Crippen LogP contribution >= 0.6 is 11.3 Å². The zero-order chi connectivity index (χ0) is 22.5. The molecular weight excluding hydrogens is 412 g/mol. The lowest BCUT2D eigenvalue weighted by atomic mass is 10.2. The summed E-state index contributed by atoms with van der Waals surface area (Å²) >= 11 is 1.35. The number of esters is 1. The molecule has 1 N–H and O–H groups in total. The minimum Gasteiger partial charge on any atom is -0.454 e. The van der Waals surface area contributed by atoms with Crippen molar-refractivity contribution in [1.29, 1.82) is 0 Å². The molecule has 0 aliphatic heterocycles. The summed E-state index contributed by atoms with van der Waals surface area (Å²) in [7, 11) is 0. The van der Waals surface area contributed by atoms with E-state index in [-0.39, 0.29) is 18.3 Å². The Hall–Kier alpha value is -3.19. The van der Waals surface area contributed by atoms with E-state index < -0.39 is 5.97 Å². The van der Waals surface area contributed by atoms with Crippen LogP contribution in [0.2, 0.25) is 0 Å². The van der Waals surface area contributed by atoms with Gasteiger partial charge in [-0.15, -0.1) is 11.3 Å². The van der Waals surface area contributed by atoms with Gasteiger partial charge in [0.2, 0.25) is 11.7 Å². The molecule has 0 aliphatic carbocycles. The first-order valence-electron chi connectivity index (χ1n) is 10.1. The van der Waals surface area contributed by atoms with Crippen LogP contribution in [0, 0.1) is 20.8 Å². The first-order valence-corrected chi connectivity index (χ1v) is 10.9. The molecule has 3 rings (SSSR count). The van der Waals surface area contributed by atoms with E-state index in [1.807, 2.05) is 55.7 Å². The van der Waals surface area contributed by atoms with Crippen LogP contribution < -0.4 is 5.32 Å². The molecule has 2 aromatic heterocycles. The zero-order valence-corrected chi connectivity index (χ0v) is 19.0. The fourth-order valence-corrected chi connectivity index (χ4v) is 4.39. The Kier molecular flexibility index (Phi) is 7.07. The van der Waals surface area contributed by atoms with Gasteiger partial charge in [0.05, 0.1) is 10.4 Å². The molecule has 0 saturated heterocycles. The first kappa shape index (κ1) is 22.5. The third-order valence-electron chi connectivity index (χ3n) is 5.02. The van der Waals surface area contributed by atoms with E-state index in [0.29, 0.717) is 23.4 Å². The number of Topliss-reactive ketones (excluding diaryl/α,β-unsaturated/α-hetero) is 1. The Bertz CT molecular complexity index is 1130. The number of hydrogen-bond acceptors (Lipinski definition) is 5. The summed E-state index contributed by atoms with van der Waals surface area (Å²) < 4.78 is 7.35. The lowest BCUT2D eigenvalue weighted by Gasteiger charge is -2.12. The molecule has 0 aliphatic rings. The van der Waals surface area contributed by atoms with E-state index in [2.05, 4.69) is 5.32 Å². The number of nitrogens with one attached hydrogen (secondary N) is 1. The van der Waals surface area contributed by atoms with Gasteiger partial charge in [0.15, 0.2) is 6.61 Å². The minimum absolute atomic E-state index is 0.0819. The summed E-state index contributed by atoms with van der Waals surface area (Å²) in [5.74, 6) is -0.831. The normalized spacial score (nSPS) is 10.7. The summed E-state index contributed by atoms with van der Waals surface area (Å²) in [6.45, 7) is 7.52. The van der Waals surface area contributed by atoms with Crippen molar-refractivity contribution in [2.45, 2.75) is 34.1 Å². The van der Waals surface area contributed by atoms with Gasteiger partial charge in [-0.1, -0.05) is 18.2 Å². The Labute approximate surface area is 185 Å². The number of thiophene rings is 1. The zero-order valence-electron chi connectivity index (χ0n) is 18.2. The van der Waals surface area contributed by atoms with Gasteiger partial charge in [0, 0.05) is 35.4 Å². The van der Waals surface area contributed by atoms with Crippen molar-refractivity contribution in [3.8, 4) is 5.69 Å². The van der Waals surface area contributed by atoms with Crippen LogP contribution in [0.15, 0.2) is 42.5 Å². The van der Waals surface area contributed by atoms with Gasteiger partial charge in [-0.2, -0.15) is 0 Å². The number of aromatic nitrogens is 1. The number of aryl methyl sites for hydroxylation is 2. The molecule has 0 spiro atoms. The minimum atomic E-state index is -0.510. The maximum Gasteiger partial charge on any atom is 0.340 e. The fourth-order valence-electron chi connectivity index (χ4n) is 3.46. The number of hydrogen-bond donors (Lipinski definition) is 1. The van der Waals surface area contributed by atoms with E-state index in [9.17, 15) is 14.4 Å². The maximum absolute atomic E-state index is 12.7. The smallest absolute Gasteiger partial charge is 0.340 e. The fraction of sp³-hybridized carbons (Fsp3) is 0.292. The van der Waals surface area contributed by atoms with E-state index >= 15 is 0 Å². The number of ether oxygens (including phenoxy) is 1. The molecule has 162 valence electrons. The van der Waals surface area contributed by atoms with Crippen molar-refractivity contribution in [1.82, 2.24) is 9.88 Å². The third kappa shape index (κ3) is 5.30. The van der Waals surface area contributed by atoms with Crippen molar-refractivity contribution >= 4 is 29.0 Å². The number of carbonyl (C=O) groups excluding carboxylic acids is 3. The standard InChI is InChI=1S/C24H26N2O4S/c1-15-7-5-6-8-21(15)26-16(2)13-20(17(26)3)24(29)30-14-22(28)23-10-9-19(31-23)11-12-25-18(4)27/h5-10,13H,11-12,14H2,1-4H3,(H,25,27). The highest BCUT2D eigenvalue weighted by atomic mass is 32.1. The van der Waals surface area contributed by atoms with Gasteiger partial charge >= 0.3 is 5.97 Å². The molecule has 0 bridgehead atoms. The lowest BCUT2D eigenvalue weighted by Crippen LogP contribution is -2.22. The number of para-hydroxylation sites is 1. The molecule has 31 heavy (non-hydrogen) atoms. The molecule has 0 unspecified atom stereocenters. The average Bonchev–Trinajstić information content (AvgIpc) is 3.31. The average molecular weight is 439 g/mol. The second-order valence-electron chi connectivity index (χ2n) is 7.40. The first-order chi connectivity index (χ1) is 14.8. The number of amides is 1. The Morgan fingerprint density at radius 2 is 1.81 bits per heavy atom. The summed E-state index contributed by atoms with van der Waals surface area (Å²) in [6.07, 6.45) is 0.655. The van der Waals surface area contributed by atoms with Crippen molar-refractivity contribution in [3.05, 3.63) is 74.7 Å². The van der Waals surface area contributed by atoms with Crippen LogP contribution in [0.1, 0.15) is 48.8 Å². The molecule has 0 atom stereocenters. The van der Waals surface area contributed by atoms with Gasteiger partial charge in [0.1, 0.15) is 0 Å². The summed E-state index contributed by atoms with van der Waals surface area (Å²) in [5, 5.41) is 2.73. The van der Waals surface area contributed by atoms with E-state index in [1.165, 1.54) is 18.3 Å². The highest BCUT2D eigenvalue weighted by Gasteiger charge is 2.20. The molecule has 3 aromatic rings. The Morgan fingerprint density at radius 1 is 1.06 bits per heavy atom. The molecule has 6 nitrogen and oxygen atoms in total. The van der Waals surface area contributed by atoms with E-state index in [4.69, 9.17) is 4.74 Å². The molecule has 1 aromatic carbocycles. The number of benzene rings is 1. The van der Waals surface area contributed by atoms with E-state index in [1.54, 1.807) is 12.1 Å². The summed E-state index contributed by atoms with van der Waals surface area (Å²) in [4.78, 5) is 37.6. The number of rotatable bonds is 8. The summed E-state index contributed by atoms with van der Waals surface area (Å²) in [6, 6.07) is 13.3. The highest BCUT2D eigenvalue weighted by Crippen LogP contribution is 2.24. The highest BCUT2D eigenvalue weighted by molar-refractivity contribution is 7.14. The van der Waals surface area contributed by atoms with Crippen molar-refractivity contribution in [2.75, 3.05) is 13.2 Å². The number of carbonyl (C=O) groups is 3. The van der Waals surface area contributed by atoms with Gasteiger partial charge in [-0.25, -0.2) is 4.79 Å². The van der Waals surface area contributed by atoms with Crippen LogP contribution in [0.3, 0.4) is 0 Å². The molecular formula is C24H26N2O4S. The van der Waals surface area contributed by atoms with Crippen LogP contribution in [-0.2, 0) is 16.0 Å². The summed E-state index contributed by atoms with van der Waals surface area (Å²) in [5.41, 5.74) is 4.27. The van der Waals surface area contributed by atoms with Gasteiger partial charge in [0.25, 0.3) is 0 Å². The third-order valence-corrected chi connectivity index (χ3v) is 6.21. The second kappa shape index (κ2) is 9.75. The molecule has 0 saturated carbocycles. The van der Waals surface area contributed by atoms with Crippen molar-refractivity contribution in [2.24, 2.45) is 0 Å². The maximum atomic E-state index is 12.7. The Balaban J connectivity index is 1.64. The molecule has 1 amide bonds. The number of nitrogens with zero attached hydrogens (tertiary/aromatic N) is 1. The SMILES string of the molecule is CC(=O)NCCc1ccc(C(=O)COC(=O)c2cc(C)n(-c3ccccc3C)c2C)s1. The largest absolute Gasteiger partial charge is 0.454 e. The molecule has 0 fully saturated rings. The van der Waals surface area contributed by atoms with Crippen LogP contribution in [0.5, 0.6) is 0 Å². The predicted octanol–water partition coefficient (Wildman–Crippen LogP) is 4.18. The monoisotopic (exact) mass is 438 g/mol. The lowest BCUT2D eigenvalue weighted by molar-refractivity contribution is -0.118. The van der Waals surface area contributed by atoms with Crippen molar-refractivity contribution < 1.29 is 19.1 Å². The van der Waals surface area contributed by atoms with Crippen LogP contribution in [0.4, 0.5) is 0 Å². The van der Waals surface area contributed by atoms with Crippen LogP contribution in [0.25, 0.3) is 5.69 Å². The Morgan fingerprint density at radius 3 is 2.52 bits per heavy atom. The quantitative estimate of drug-likeness (QED) is 0.423. The topological polar surface area (TPSA) is 77.4 Å².